The summed E-state index contributed by atoms with van der Waals surface area (Å²) in [6.07, 6.45) is -1.40. The number of aromatic nitrogens is 2. The summed E-state index contributed by atoms with van der Waals surface area (Å²) in [5, 5.41) is 12.1. The molecule has 0 fully saturated rings. The molecule has 1 unspecified atom stereocenters. The first kappa shape index (κ1) is 20.9. The molecule has 0 bridgehead atoms. The fraction of sp³-hybridized carbons (Fsp3) is 0.200. The van der Waals surface area contributed by atoms with Gasteiger partial charge in [0.25, 0.3) is 11.8 Å². The van der Waals surface area contributed by atoms with Gasteiger partial charge in [0.1, 0.15) is 11.6 Å². The normalized spacial score (nSPS) is 11.7. The number of nitrogens with one attached hydrogen (secondary N) is 3. The molecular formula is C20H18F2N4O4. The molecule has 1 heterocycles. The minimum absolute atomic E-state index is 0.0280. The van der Waals surface area contributed by atoms with Crippen LogP contribution in [-0.4, -0.2) is 40.6 Å². The first-order chi connectivity index (χ1) is 14.3. The van der Waals surface area contributed by atoms with Gasteiger partial charge in [-0.25, -0.2) is 8.78 Å². The van der Waals surface area contributed by atoms with Crippen LogP contribution in [0.5, 0.6) is 0 Å². The Hall–Kier alpha value is -3.82. The van der Waals surface area contributed by atoms with Crippen molar-refractivity contribution in [1.29, 1.82) is 0 Å². The van der Waals surface area contributed by atoms with E-state index in [1.807, 2.05) is 0 Å². The number of benzene rings is 2. The number of para-hydroxylation sites is 1. The second-order valence-corrected chi connectivity index (χ2v) is 6.37. The van der Waals surface area contributed by atoms with Gasteiger partial charge in [-0.3, -0.25) is 19.5 Å². The highest BCUT2D eigenvalue weighted by atomic mass is 19.1. The Morgan fingerprint density at radius 2 is 1.93 bits per heavy atom. The molecule has 2 amide bonds. The van der Waals surface area contributed by atoms with Crippen LogP contribution in [0.15, 0.2) is 42.5 Å². The third-order valence-electron chi connectivity index (χ3n) is 4.17. The van der Waals surface area contributed by atoms with E-state index >= 15 is 0 Å². The zero-order valence-corrected chi connectivity index (χ0v) is 15.9. The summed E-state index contributed by atoms with van der Waals surface area (Å²) in [5.74, 6) is -3.70. The SMILES string of the molecule is CC(OC(=O)CCNC(=O)c1n[nH]c2ccccc12)C(=O)Nc1ccc(F)cc1F. The lowest BCUT2D eigenvalue weighted by molar-refractivity contribution is -0.153. The van der Waals surface area contributed by atoms with Gasteiger partial charge in [0.2, 0.25) is 0 Å². The summed E-state index contributed by atoms with van der Waals surface area (Å²) in [6.45, 7) is 1.28. The van der Waals surface area contributed by atoms with Gasteiger partial charge in [0.05, 0.1) is 17.6 Å². The first-order valence-electron chi connectivity index (χ1n) is 9.02. The van der Waals surface area contributed by atoms with Crippen molar-refractivity contribution in [3.63, 3.8) is 0 Å². The van der Waals surface area contributed by atoms with Gasteiger partial charge in [-0.2, -0.15) is 5.10 Å². The molecule has 3 rings (SSSR count). The lowest BCUT2D eigenvalue weighted by Crippen LogP contribution is -2.32. The van der Waals surface area contributed by atoms with Crippen molar-refractivity contribution in [1.82, 2.24) is 15.5 Å². The molecule has 0 aliphatic heterocycles. The van der Waals surface area contributed by atoms with E-state index in [-0.39, 0.29) is 24.3 Å². The summed E-state index contributed by atoms with van der Waals surface area (Å²) < 4.78 is 31.5. The molecule has 0 saturated heterocycles. The Morgan fingerprint density at radius 1 is 1.17 bits per heavy atom. The number of ether oxygens (including phenoxy) is 1. The van der Waals surface area contributed by atoms with E-state index in [4.69, 9.17) is 4.74 Å². The van der Waals surface area contributed by atoms with Crippen molar-refractivity contribution in [3.05, 3.63) is 59.8 Å². The fourth-order valence-corrected chi connectivity index (χ4v) is 2.63. The Balaban J connectivity index is 1.45. The number of rotatable bonds is 7. The number of H-pyrrole nitrogens is 1. The maximum absolute atomic E-state index is 13.6. The molecule has 10 heteroatoms. The van der Waals surface area contributed by atoms with Gasteiger partial charge in [0.15, 0.2) is 11.8 Å². The molecule has 0 spiro atoms. The van der Waals surface area contributed by atoms with Crippen molar-refractivity contribution < 1.29 is 27.9 Å². The quantitative estimate of drug-likeness (QED) is 0.513. The van der Waals surface area contributed by atoms with Gasteiger partial charge in [-0.05, 0) is 25.1 Å². The predicted molar refractivity (Wildman–Crippen MR) is 104 cm³/mol. The van der Waals surface area contributed by atoms with E-state index in [1.165, 1.54) is 6.92 Å². The maximum Gasteiger partial charge on any atom is 0.308 e. The van der Waals surface area contributed by atoms with E-state index in [0.717, 1.165) is 12.1 Å². The van der Waals surface area contributed by atoms with Crippen LogP contribution < -0.4 is 10.6 Å². The summed E-state index contributed by atoms with van der Waals surface area (Å²) >= 11 is 0. The first-order valence-corrected chi connectivity index (χ1v) is 9.02. The topological polar surface area (TPSA) is 113 Å². The van der Waals surface area contributed by atoms with Gasteiger partial charge < -0.3 is 15.4 Å². The highest BCUT2D eigenvalue weighted by Crippen LogP contribution is 2.16. The molecule has 8 nitrogen and oxygen atoms in total. The number of carbonyl (C=O) groups excluding carboxylic acids is 3. The summed E-state index contributed by atoms with van der Waals surface area (Å²) in [7, 11) is 0. The second-order valence-electron chi connectivity index (χ2n) is 6.37. The number of hydrogen-bond acceptors (Lipinski definition) is 5. The number of carbonyl (C=O) groups is 3. The summed E-state index contributed by atoms with van der Waals surface area (Å²) in [4.78, 5) is 36.1. The molecule has 3 aromatic rings. The smallest absolute Gasteiger partial charge is 0.308 e. The average molecular weight is 416 g/mol. The zero-order chi connectivity index (χ0) is 21.7. The number of fused-ring (bicyclic) bond motifs is 1. The van der Waals surface area contributed by atoms with Gasteiger partial charge in [-0.1, -0.05) is 18.2 Å². The lowest BCUT2D eigenvalue weighted by atomic mass is 10.2. The number of nitrogens with zero attached hydrogens (tertiary/aromatic N) is 1. The van der Waals surface area contributed by atoms with Crippen molar-refractivity contribution in [2.75, 3.05) is 11.9 Å². The second kappa shape index (κ2) is 9.12. The molecule has 156 valence electrons. The lowest BCUT2D eigenvalue weighted by Gasteiger charge is -2.14. The Bertz CT molecular complexity index is 1100. The molecular weight excluding hydrogens is 398 g/mol. The van der Waals surface area contributed by atoms with Crippen LogP contribution in [0.3, 0.4) is 0 Å². The van der Waals surface area contributed by atoms with Gasteiger partial charge in [0, 0.05) is 18.0 Å². The third kappa shape index (κ3) is 4.96. The van der Waals surface area contributed by atoms with E-state index < -0.39 is 35.5 Å². The Labute approximate surface area is 169 Å². The van der Waals surface area contributed by atoms with Crippen LogP contribution in [-0.2, 0) is 14.3 Å². The standard InChI is InChI=1S/C20H18F2N4O4/c1-11(19(28)24-16-7-6-12(21)10-14(16)22)30-17(27)8-9-23-20(29)18-13-4-2-3-5-15(13)25-26-18/h2-7,10-11H,8-9H2,1H3,(H,23,29)(H,24,28)(H,25,26). The Kier molecular flexibility index (Phi) is 6.35. The Morgan fingerprint density at radius 3 is 2.70 bits per heavy atom. The molecule has 1 atom stereocenters. The predicted octanol–water partition coefficient (Wildman–Crippen LogP) is 2.53. The number of esters is 1. The highest BCUT2D eigenvalue weighted by Gasteiger charge is 2.20. The van der Waals surface area contributed by atoms with E-state index in [2.05, 4.69) is 20.8 Å². The number of halogens is 2. The molecule has 0 aliphatic carbocycles. The third-order valence-corrected chi connectivity index (χ3v) is 4.17. The largest absolute Gasteiger partial charge is 0.452 e. The number of hydrogen-bond donors (Lipinski definition) is 3. The van der Waals surface area contributed by atoms with Crippen LogP contribution in [0.4, 0.5) is 14.5 Å². The van der Waals surface area contributed by atoms with Gasteiger partial charge >= 0.3 is 5.97 Å². The minimum atomic E-state index is -1.21. The van der Waals surface area contributed by atoms with E-state index in [0.29, 0.717) is 17.0 Å². The van der Waals surface area contributed by atoms with Crippen molar-refractivity contribution >= 4 is 34.4 Å². The van der Waals surface area contributed by atoms with Crippen LogP contribution >= 0.6 is 0 Å². The number of amides is 2. The maximum atomic E-state index is 13.6. The number of anilines is 1. The van der Waals surface area contributed by atoms with Crippen LogP contribution in [0.1, 0.15) is 23.8 Å². The van der Waals surface area contributed by atoms with Crippen LogP contribution in [0.2, 0.25) is 0 Å². The van der Waals surface area contributed by atoms with Crippen molar-refractivity contribution in [2.45, 2.75) is 19.4 Å². The van der Waals surface area contributed by atoms with E-state index in [9.17, 15) is 23.2 Å². The molecule has 2 aromatic carbocycles. The molecule has 1 aromatic heterocycles. The average Bonchev–Trinajstić information content (AvgIpc) is 3.14. The monoisotopic (exact) mass is 416 g/mol. The minimum Gasteiger partial charge on any atom is -0.452 e. The fourth-order valence-electron chi connectivity index (χ4n) is 2.63. The highest BCUT2D eigenvalue weighted by molar-refractivity contribution is 6.04. The van der Waals surface area contributed by atoms with Crippen LogP contribution in [0.25, 0.3) is 10.9 Å². The molecule has 3 N–H and O–H groups in total. The molecule has 30 heavy (non-hydrogen) atoms. The van der Waals surface area contributed by atoms with Crippen molar-refractivity contribution in [3.8, 4) is 0 Å². The van der Waals surface area contributed by atoms with E-state index in [1.54, 1.807) is 24.3 Å². The zero-order valence-electron chi connectivity index (χ0n) is 15.9. The van der Waals surface area contributed by atoms with Crippen LogP contribution in [0, 0.1) is 11.6 Å². The summed E-state index contributed by atoms with van der Waals surface area (Å²) in [6, 6.07) is 9.77. The number of aromatic amines is 1. The van der Waals surface area contributed by atoms with Crippen molar-refractivity contribution in [2.24, 2.45) is 0 Å². The molecule has 0 saturated carbocycles. The molecule has 0 aliphatic rings. The molecule has 0 radical (unpaired) electrons. The summed E-state index contributed by atoms with van der Waals surface area (Å²) in [5.41, 5.74) is 0.676. The van der Waals surface area contributed by atoms with Gasteiger partial charge in [-0.15, -0.1) is 0 Å².